The third-order valence-corrected chi connectivity index (χ3v) is 3.45. The van der Waals surface area contributed by atoms with Crippen molar-refractivity contribution in [2.45, 2.75) is 6.54 Å². The minimum atomic E-state index is -0.0370. The molecular formula is C15H16N4O. The molecule has 0 spiro atoms. The molecule has 0 radical (unpaired) electrons. The number of aryl methyl sites for hydroxylation is 1. The lowest BCUT2D eigenvalue weighted by Gasteiger charge is -2.07. The van der Waals surface area contributed by atoms with Gasteiger partial charge in [-0.2, -0.15) is 0 Å². The van der Waals surface area contributed by atoms with Crippen molar-refractivity contribution in [3.05, 3.63) is 42.9 Å². The van der Waals surface area contributed by atoms with Gasteiger partial charge < -0.3 is 14.5 Å². The van der Waals surface area contributed by atoms with E-state index in [2.05, 4.69) is 33.1 Å². The predicted octanol–water partition coefficient (Wildman–Crippen LogP) is 1.79. The van der Waals surface area contributed by atoms with E-state index in [0.717, 1.165) is 11.4 Å². The van der Waals surface area contributed by atoms with Gasteiger partial charge in [-0.05, 0) is 24.3 Å². The van der Waals surface area contributed by atoms with Gasteiger partial charge in [0.15, 0.2) is 0 Å². The number of carbonyl (C=O) groups excluding carboxylic acids is 1. The average Bonchev–Trinajstić information content (AvgIpc) is 3.06. The molecule has 20 heavy (non-hydrogen) atoms. The van der Waals surface area contributed by atoms with Gasteiger partial charge in [-0.3, -0.25) is 4.79 Å². The monoisotopic (exact) mass is 268 g/mol. The second-order valence-electron chi connectivity index (χ2n) is 4.75. The zero-order valence-electron chi connectivity index (χ0n) is 11.5. The summed E-state index contributed by atoms with van der Waals surface area (Å²) in [5, 5.41) is 3.79. The highest BCUT2D eigenvalue weighted by Gasteiger charge is 2.09. The van der Waals surface area contributed by atoms with E-state index in [4.69, 9.17) is 0 Å². The molecule has 0 fully saturated rings. The van der Waals surface area contributed by atoms with E-state index in [1.54, 1.807) is 13.2 Å². The van der Waals surface area contributed by atoms with E-state index < -0.39 is 0 Å². The van der Waals surface area contributed by atoms with Crippen molar-refractivity contribution in [2.75, 3.05) is 7.05 Å². The first-order valence-corrected chi connectivity index (χ1v) is 6.46. The van der Waals surface area contributed by atoms with Crippen LogP contribution in [0.5, 0.6) is 0 Å². The Labute approximate surface area is 116 Å². The maximum Gasteiger partial charge on any atom is 0.239 e. The molecule has 2 aromatic heterocycles. The summed E-state index contributed by atoms with van der Waals surface area (Å²) >= 11 is 0. The minimum Gasteiger partial charge on any atom is -0.358 e. The fraction of sp³-hybridized carbons (Fsp3) is 0.200. The molecule has 1 N–H and O–H groups in total. The van der Waals surface area contributed by atoms with E-state index in [1.807, 2.05) is 30.1 Å². The lowest BCUT2D eigenvalue weighted by molar-refractivity contribution is -0.121. The van der Waals surface area contributed by atoms with Gasteiger partial charge in [0.25, 0.3) is 0 Å². The first kappa shape index (κ1) is 12.5. The number of aromatic nitrogens is 3. The summed E-state index contributed by atoms with van der Waals surface area (Å²) in [6.07, 6.45) is 5.57. The number of likely N-dealkylation sites (N-methyl/N-ethyl adjacent to an activating group) is 1. The Morgan fingerprint density at radius 2 is 2.15 bits per heavy atom. The van der Waals surface area contributed by atoms with Crippen LogP contribution in [0.15, 0.2) is 42.9 Å². The van der Waals surface area contributed by atoms with Gasteiger partial charge in [-0.25, -0.2) is 4.98 Å². The van der Waals surface area contributed by atoms with E-state index in [0.29, 0.717) is 0 Å². The number of nitrogens with zero attached hydrogens (tertiary/aromatic N) is 3. The second kappa shape index (κ2) is 4.85. The molecule has 0 aliphatic heterocycles. The first-order valence-electron chi connectivity index (χ1n) is 6.46. The van der Waals surface area contributed by atoms with Gasteiger partial charge in [0.05, 0.1) is 0 Å². The van der Waals surface area contributed by atoms with Crippen molar-refractivity contribution < 1.29 is 4.79 Å². The van der Waals surface area contributed by atoms with Gasteiger partial charge in [0.2, 0.25) is 5.91 Å². The van der Waals surface area contributed by atoms with E-state index in [-0.39, 0.29) is 12.5 Å². The van der Waals surface area contributed by atoms with Crippen molar-refractivity contribution in [1.82, 2.24) is 19.4 Å². The molecule has 5 nitrogen and oxygen atoms in total. The van der Waals surface area contributed by atoms with Gasteiger partial charge in [-0.15, -0.1) is 0 Å². The highest BCUT2D eigenvalue weighted by atomic mass is 16.1. The zero-order valence-corrected chi connectivity index (χ0v) is 11.5. The number of carbonyl (C=O) groups is 1. The third-order valence-electron chi connectivity index (χ3n) is 3.45. The molecule has 102 valence electrons. The van der Waals surface area contributed by atoms with Crippen molar-refractivity contribution >= 4 is 16.8 Å². The predicted molar refractivity (Wildman–Crippen MR) is 78.2 cm³/mol. The lowest BCUT2D eigenvalue weighted by Crippen LogP contribution is -2.23. The topological polar surface area (TPSA) is 51.9 Å². The van der Waals surface area contributed by atoms with Crippen LogP contribution in [0.2, 0.25) is 0 Å². The second-order valence-corrected chi connectivity index (χ2v) is 4.75. The molecule has 0 aliphatic carbocycles. The number of nitrogens with one attached hydrogen (secondary N) is 1. The molecule has 1 aromatic carbocycles. The fourth-order valence-corrected chi connectivity index (χ4v) is 2.35. The van der Waals surface area contributed by atoms with Crippen LogP contribution in [0, 0.1) is 0 Å². The fourth-order valence-electron chi connectivity index (χ4n) is 2.35. The van der Waals surface area contributed by atoms with E-state index in [1.165, 1.54) is 10.9 Å². The molecule has 0 atom stereocenters. The van der Waals surface area contributed by atoms with Crippen LogP contribution in [0.4, 0.5) is 0 Å². The van der Waals surface area contributed by atoms with Crippen LogP contribution >= 0.6 is 0 Å². The third kappa shape index (κ3) is 2.07. The summed E-state index contributed by atoms with van der Waals surface area (Å²) < 4.78 is 3.93. The van der Waals surface area contributed by atoms with Crippen LogP contribution in [0.1, 0.15) is 0 Å². The molecule has 0 saturated heterocycles. The minimum absolute atomic E-state index is 0.0370. The van der Waals surface area contributed by atoms with Crippen LogP contribution in [-0.4, -0.2) is 27.1 Å². The maximum absolute atomic E-state index is 11.5. The molecule has 3 rings (SSSR count). The quantitative estimate of drug-likeness (QED) is 0.787. The number of amides is 1. The summed E-state index contributed by atoms with van der Waals surface area (Å²) in [6.45, 7) is 0.276. The molecule has 2 heterocycles. The summed E-state index contributed by atoms with van der Waals surface area (Å²) in [6, 6.07) is 8.28. The number of hydrogen-bond donors (Lipinski definition) is 1. The van der Waals surface area contributed by atoms with Gasteiger partial charge >= 0.3 is 0 Å². The van der Waals surface area contributed by atoms with E-state index >= 15 is 0 Å². The molecular weight excluding hydrogens is 252 g/mol. The Morgan fingerprint density at radius 3 is 2.95 bits per heavy atom. The van der Waals surface area contributed by atoms with Gasteiger partial charge in [-0.1, -0.05) is 0 Å². The molecule has 0 unspecified atom stereocenters. The zero-order chi connectivity index (χ0) is 14.1. The smallest absolute Gasteiger partial charge is 0.239 e. The maximum atomic E-state index is 11.5. The molecule has 5 heteroatoms. The number of benzene rings is 1. The Hall–Kier alpha value is -2.56. The van der Waals surface area contributed by atoms with Gasteiger partial charge in [0, 0.05) is 49.2 Å². The van der Waals surface area contributed by atoms with E-state index in [9.17, 15) is 4.79 Å². The summed E-state index contributed by atoms with van der Waals surface area (Å²) in [5.74, 6) is 0.768. The van der Waals surface area contributed by atoms with Crippen molar-refractivity contribution in [3.8, 4) is 11.4 Å². The summed E-state index contributed by atoms with van der Waals surface area (Å²) in [4.78, 5) is 15.9. The van der Waals surface area contributed by atoms with Crippen LogP contribution in [-0.2, 0) is 18.4 Å². The normalized spacial score (nSPS) is 10.9. The molecule has 3 aromatic rings. The Morgan fingerprint density at radius 1 is 1.30 bits per heavy atom. The number of imidazole rings is 1. The molecule has 1 amide bonds. The number of hydrogen-bond acceptors (Lipinski definition) is 2. The van der Waals surface area contributed by atoms with Crippen LogP contribution in [0.25, 0.3) is 22.3 Å². The highest BCUT2D eigenvalue weighted by molar-refractivity contribution is 5.85. The Balaban J connectivity index is 2.02. The van der Waals surface area contributed by atoms with Gasteiger partial charge in [0.1, 0.15) is 12.4 Å². The Kier molecular flexibility index (Phi) is 3.02. The largest absolute Gasteiger partial charge is 0.358 e. The number of fused-ring (bicyclic) bond motifs is 1. The van der Waals surface area contributed by atoms with Crippen molar-refractivity contribution in [3.63, 3.8) is 0 Å². The van der Waals surface area contributed by atoms with Crippen molar-refractivity contribution in [2.24, 2.45) is 7.05 Å². The molecule has 0 bridgehead atoms. The van der Waals surface area contributed by atoms with Crippen molar-refractivity contribution in [1.29, 1.82) is 0 Å². The highest BCUT2D eigenvalue weighted by Crippen LogP contribution is 2.23. The SMILES string of the molecule is CNC(=O)Cn1ccnc1-c1ccc2c(ccn2C)c1. The Bertz CT molecular complexity index is 769. The average molecular weight is 268 g/mol. The molecule has 0 aliphatic rings. The number of rotatable bonds is 3. The summed E-state index contributed by atoms with van der Waals surface area (Å²) in [7, 11) is 3.66. The molecule has 0 saturated carbocycles. The van der Waals surface area contributed by atoms with Crippen LogP contribution < -0.4 is 5.32 Å². The standard InChI is InChI=1S/C15H16N4O/c1-16-14(20)10-19-8-6-17-15(19)12-3-4-13-11(9-12)5-7-18(13)2/h3-9H,10H2,1-2H3,(H,16,20). The lowest BCUT2D eigenvalue weighted by atomic mass is 10.1. The first-order chi connectivity index (χ1) is 9.69. The summed E-state index contributed by atoms with van der Waals surface area (Å²) in [5.41, 5.74) is 2.19. The van der Waals surface area contributed by atoms with Crippen LogP contribution in [0.3, 0.4) is 0 Å².